The summed E-state index contributed by atoms with van der Waals surface area (Å²) in [6.45, 7) is 0. The molecule has 6 heteroatoms. The molecule has 6 nitrogen and oxygen atoms in total. The van der Waals surface area contributed by atoms with Crippen molar-refractivity contribution < 1.29 is 0 Å². The summed E-state index contributed by atoms with van der Waals surface area (Å²) in [5, 5.41) is 8.08. The van der Waals surface area contributed by atoms with E-state index in [-0.39, 0.29) is 35.5 Å². The van der Waals surface area contributed by atoms with E-state index in [2.05, 4.69) is 219 Å². The highest BCUT2D eigenvalue weighted by Gasteiger charge is 2.35. The lowest BCUT2D eigenvalue weighted by atomic mass is 9.71. The maximum Gasteiger partial charge on any atom is 0.0705 e. The fourth-order valence-electron chi connectivity index (χ4n) is 12.0. The van der Waals surface area contributed by atoms with Crippen LogP contribution in [0.4, 0.5) is 0 Å². The van der Waals surface area contributed by atoms with Gasteiger partial charge in [-0.1, -0.05) is 146 Å². The molecule has 6 aromatic heterocycles. The van der Waals surface area contributed by atoms with E-state index >= 15 is 0 Å². The second kappa shape index (κ2) is 19.2. The zero-order chi connectivity index (χ0) is 47.8. The van der Waals surface area contributed by atoms with Gasteiger partial charge in [-0.15, -0.1) is 0 Å². The first-order chi connectivity index (χ1) is 35.6. The summed E-state index contributed by atoms with van der Waals surface area (Å²) in [4.78, 5) is 33.1. The van der Waals surface area contributed by atoms with Crippen LogP contribution in [0.15, 0.2) is 219 Å². The van der Waals surface area contributed by atoms with E-state index in [1.54, 1.807) is 0 Å². The van der Waals surface area contributed by atoms with Crippen LogP contribution in [0.25, 0.3) is 65.3 Å². The number of fused-ring (bicyclic) bond motifs is 6. The maximum atomic E-state index is 5.55. The Bertz CT molecular complexity index is 3250. The third-order valence-corrected chi connectivity index (χ3v) is 15.7. The molecule has 12 aromatic rings. The first-order valence-electron chi connectivity index (χ1n) is 25.7. The minimum Gasteiger partial charge on any atom is -0.260 e. The molecule has 1 aliphatic carbocycles. The standard InChI is InChI=1S/C66H54N6/c1-2-19-49-42-67-66(41-48(49)18-1)55-39-53(64-33-28-46-16-6-11-23-59(46)71-64)37-51(62-31-26-44-14-4-9-21-57(44)69-62)35-50(61-30-25-43-13-3-8-20-56(43)68-61)36-52(63-32-27-45-15-5-10-22-58(45)70-63)38-54(40-55)65-34-29-47-17-7-12-24-60(47)72-65/h1-34,41-42,50-55H,35-40H2. The Morgan fingerprint density at radius 1 is 0.222 bits per heavy atom. The van der Waals surface area contributed by atoms with Crippen LogP contribution in [0.5, 0.6) is 0 Å². The van der Waals surface area contributed by atoms with Crippen molar-refractivity contribution >= 4 is 65.3 Å². The SMILES string of the molecule is c1ccc2cc(C3CC(c4ccc5ccccc5n4)CC(c4ccc5ccccc5n4)CC(c4ccc5ccccc5n4)CC(c4ccc5ccccc5n4)CC(c4ccc5ccccc5n4)C3)ncc2c1. The lowest BCUT2D eigenvalue weighted by Gasteiger charge is -2.34. The molecule has 0 saturated heterocycles. The first-order valence-corrected chi connectivity index (χ1v) is 25.7. The quantitative estimate of drug-likeness (QED) is 0.165. The number of pyridine rings is 6. The Morgan fingerprint density at radius 2 is 0.458 bits per heavy atom. The predicted molar refractivity (Wildman–Crippen MR) is 295 cm³/mol. The monoisotopic (exact) mass is 930 g/mol. The fraction of sp³-hybridized carbons (Fsp3) is 0.182. The van der Waals surface area contributed by atoms with Crippen LogP contribution in [-0.4, -0.2) is 29.9 Å². The van der Waals surface area contributed by atoms with Crippen LogP contribution in [0.3, 0.4) is 0 Å². The van der Waals surface area contributed by atoms with Gasteiger partial charge in [0.1, 0.15) is 0 Å². The van der Waals surface area contributed by atoms with Crippen LogP contribution in [0.2, 0.25) is 0 Å². The highest BCUT2D eigenvalue weighted by Crippen LogP contribution is 2.49. The smallest absolute Gasteiger partial charge is 0.0705 e. The van der Waals surface area contributed by atoms with Gasteiger partial charge in [-0.05, 0) is 111 Å². The largest absolute Gasteiger partial charge is 0.260 e. The van der Waals surface area contributed by atoms with Gasteiger partial charge < -0.3 is 0 Å². The summed E-state index contributed by atoms with van der Waals surface area (Å²) in [6.07, 6.45) is 7.18. The Hall–Kier alpha value is -8.22. The average Bonchev–Trinajstić information content (AvgIpc) is 3.44. The van der Waals surface area contributed by atoms with E-state index in [4.69, 9.17) is 29.9 Å². The molecule has 4 atom stereocenters. The lowest BCUT2D eigenvalue weighted by Crippen LogP contribution is -2.21. The van der Waals surface area contributed by atoms with Crippen molar-refractivity contribution in [3.05, 3.63) is 253 Å². The molecule has 6 aromatic carbocycles. The van der Waals surface area contributed by atoms with Crippen molar-refractivity contribution in [3.8, 4) is 0 Å². The molecule has 1 fully saturated rings. The normalized spacial score (nSPS) is 20.2. The highest BCUT2D eigenvalue weighted by atomic mass is 14.8. The molecule has 0 bridgehead atoms. The van der Waals surface area contributed by atoms with Crippen molar-refractivity contribution in [1.29, 1.82) is 0 Å². The van der Waals surface area contributed by atoms with Crippen LogP contribution < -0.4 is 0 Å². The predicted octanol–water partition coefficient (Wildman–Crippen LogP) is 16.3. The minimum atomic E-state index is 0.0685. The second-order valence-corrected chi connectivity index (χ2v) is 20.2. The van der Waals surface area contributed by atoms with E-state index in [0.717, 1.165) is 133 Å². The summed E-state index contributed by atoms with van der Waals surface area (Å²) < 4.78 is 0. The van der Waals surface area contributed by atoms with Gasteiger partial charge in [0.15, 0.2) is 0 Å². The zero-order valence-corrected chi connectivity index (χ0v) is 40.2. The minimum absolute atomic E-state index is 0.0685. The number of hydrogen-bond donors (Lipinski definition) is 0. The Labute approximate surface area is 419 Å². The van der Waals surface area contributed by atoms with E-state index in [1.807, 2.05) is 0 Å². The van der Waals surface area contributed by atoms with E-state index < -0.39 is 0 Å². The molecule has 4 unspecified atom stereocenters. The molecule has 0 N–H and O–H groups in total. The second-order valence-electron chi connectivity index (χ2n) is 20.2. The molecule has 0 aliphatic heterocycles. The molecule has 0 amide bonds. The summed E-state index contributed by atoms with van der Waals surface area (Å²) in [5.41, 5.74) is 11.8. The van der Waals surface area contributed by atoms with Gasteiger partial charge in [0.25, 0.3) is 0 Å². The van der Waals surface area contributed by atoms with E-state index in [1.165, 1.54) is 5.39 Å². The summed E-state index contributed by atoms with van der Waals surface area (Å²) in [5.74, 6) is 0.411. The molecule has 1 aliphatic rings. The number of aromatic nitrogens is 6. The molecule has 348 valence electrons. The van der Waals surface area contributed by atoms with Gasteiger partial charge in [-0.2, -0.15) is 0 Å². The molecule has 0 spiro atoms. The molecule has 13 rings (SSSR count). The first kappa shape index (κ1) is 43.8. The van der Waals surface area contributed by atoms with Crippen molar-refractivity contribution in [1.82, 2.24) is 29.9 Å². The molecule has 1 saturated carbocycles. The van der Waals surface area contributed by atoms with Crippen LogP contribution >= 0.6 is 0 Å². The highest BCUT2D eigenvalue weighted by molar-refractivity contribution is 5.83. The Kier molecular flexibility index (Phi) is 11.7. The fourth-order valence-corrected chi connectivity index (χ4v) is 12.0. The van der Waals surface area contributed by atoms with Crippen molar-refractivity contribution in [2.24, 2.45) is 0 Å². The van der Waals surface area contributed by atoms with Crippen molar-refractivity contribution in [2.75, 3.05) is 0 Å². The number of para-hydroxylation sites is 5. The van der Waals surface area contributed by atoms with Gasteiger partial charge >= 0.3 is 0 Å². The molecular formula is C66H54N6. The summed E-state index contributed by atoms with van der Waals surface area (Å²) >= 11 is 0. The topological polar surface area (TPSA) is 77.3 Å². The van der Waals surface area contributed by atoms with Crippen LogP contribution in [0.1, 0.15) is 108 Å². The summed E-state index contributed by atoms with van der Waals surface area (Å²) in [7, 11) is 0. The van der Waals surface area contributed by atoms with Gasteiger partial charge in [0.05, 0.1) is 27.6 Å². The zero-order valence-electron chi connectivity index (χ0n) is 40.2. The Morgan fingerprint density at radius 3 is 0.750 bits per heavy atom. The van der Waals surface area contributed by atoms with E-state index in [9.17, 15) is 0 Å². The number of nitrogens with zero attached hydrogens (tertiary/aromatic N) is 6. The van der Waals surface area contributed by atoms with Crippen molar-refractivity contribution in [3.63, 3.8) is 0 Å². The number of hydrogen-bond acceptors (Lipinski definition) is 6. The Balaban J connectivity index is 1.04. The average molecular weight is 931 g/mol. The van der Waals surface area contributed by atoms with Crippen LogP contribution in [-0.2, 0) is 0 Å². The third kappa shape index (κ3) is 8.94. The van der Waals surface area contributed by atoms with Crippen LogP contribution in [0, 0.1) is 0 Å². The number of benzene rings is 6. The van der Waals surface area contributed by atoms with Crippen molar-refractivity contribution in [2.45, 2.75) is 74.0 Å². The van der Waals surface area contributed by atoms with Gasteiger partial charge in [0, 0.05) is 108 Å². The molecule has 6 heterocycles. The maximum absolute atomic E-state index is 5.55. The third-order valence-electron chi connectivity index (χ3n) is 15.7. The molecule has 72 heavy (non-hydrogen) atoms. The molecule has 0 radical (unpaired) electrons. The van der Waals surface area contributed by atoms with Gasteiger partial charge in [0.2, 0.25) is 0 Å². The van der Waals surface area contributed by atoms with Gasteiger partial charge in [-0.3, -0.25) is 29.9 Å². The number of rotatable bonds is 6. The van der Waals surface area contributed by atoms with E-state index in [0.29, 0.717) is 0 Å². The molecular weight excluding hydrogens is 877 g/mol. The lowest BCUT2D eigenvalue weighted by molar-refractivity contribution is 0.340. The summed E-state index contributed by atoms with van der Waals surface area (Å²) in [6, 6.07) is 76.4. The van der Waals surface area contributed by atoms with Gasteiger partial charge in [-0.25, -0.2) is 0 Å².